The van der Waals surface area contributed by atoms with Crippen LogP contribution >= 0.6 is 0 Å². The molecular weight excluding hydrogens is 364 g/mol. The van der Waals surface area contributed by atoms with Crippen molar-refractivity contribution in [2.45, 2.75) is 39.4 Å². The van der Waals surface area contributed by atoms with E-state index < -0.39 is 18.0 Å². The number of nitrogens with zero attached hydrogens (tertiary/aromatic N) is 3. The molecule has 0 aliphatic carbocycles. The number of hydroxylamine groups is 1. The minimum Gasteiger partial charge on any atom is -0.497 e. The lowest BCUT2D eigenvalue weighted by atomic mass is 10.0. The van der Waals surface area contributed by atoms with E-state index in [2.05, 4.69) is 20.9 Å². The molecule has 0 spiro atoms. The fraction of sp³-hybridized carbons (Fsp3) is 0.444. The van der Waals surface area contributed by atoms with Gasteiger partial charge in [0.2, 0.25) is 0 Å². The number of amides is 3. The lowest BCUT2D eigenvalue weighted by Gasteiger charge is -2.18. The summed E-state index contributed by atoms with van der Waals surface area (Å²) in [5.74, 6) is 0.270. The number of hydrogen-bond donors (Lipinski definition) is 4. The van der Waals surface area contributed by atoms with E-state index in [-0.39, 0.29) is 12.5 Å². The van der Waals surface area contributed by atoms with Crippen molar-refractivity contribution in [3.8, 4) is 5.75 Å². The number of methoxy groups -OCH3 is 1. The van der Waals surface area contributed by atoms with Gasteiger partial charge in [0.25, 0.3) is 5.91 Å². The van der Waals surface area contributed by atoms with Gasteiger partial charge in [-0.05, 0) is 30.0 Å². The number of carbonyl (C=O) groups is 2. The van der Waals surface area contributed by atoms with Crippen LogP contribution in [0.2, 0.25) is 0 Å². The third-order valence-corrected chi connectivity index (χ3v) is 3.93. The van der Waals surface area contributed by atoms with Gasteiger partial charge in [-0.3, -0.25) is 10.0 Å². The highest BCUT2D eigenvalue weighted by molar-refractivity contribution is 5.86. The first kappa shape index (κ1) is 21.2. The largest absolute Gasteiger partial charge is 0.497 e. The number of hydrogen-bond acceptors (Lipinski definition) is 6. The maximum absolute atomic E-state index is 12.0. The summed E-state index contributed by atoms with van der Waals surface area (Å²) in [5, 5.41) is 22.0. The smallest absolute Gasteiger partial charge is 0.315 e. The molecule has 0 saturated heterocycles. The molecule has 152 valence electrons. The standard InChI is InChI=1S/C18H26N6O4/c1-12(2)7-16(17(25)22-27)20-18(26)19-9-14-11-24(23-21-14)10-13-5-4-6-15(8-13)28-3/h4-6,8,11-12,16,27H,7,9-10H2,1-3H3,(H,22,25)(H2,19,20,26)/t16-/m0/s1. The Labute approximate surface area is 163 Å². The molecule has 2 aromatic rings. The molecule has 10 heteroatoms. The van der Waals surface area contributed by atoms with E-state index >= 15 is 0 Å². The maximum Gasteiger partial charge on any atom is 0.315 e. The Morgan fingerprint density at radius 1 is 1.32 bits per heavy atom. The van der Waals surface area contributed by atoms with Gasteiger partial charge in [-0.25, -0.2) is 15.0 Å². The molecule has 1 heterocycles. The summed E-state index contributed by atoms with van der Waals surface area (Å²) in [4.78, 5) is 23.7. The minimum atomic E-state index is -0.825. The van der Waals surface area contributed by atoms with E-state index in [1.165, 1.54) is 0 Å². The normalized spacial score (nSPS) is 11.8. The summed E-state index contributed by atoms with van der Waals surface area (Å²) in [7, 11) is 1.61. The predicted molar refractivity (Wildman–Crippen MR) is 101 cm³/mol. The van der Waals surface area contributed by atoms with Gasteiger partial charge in [0.15, 0.2) is 0 Å². The summed E-state index contributed by atoms with van der Waals surface area (Å²) in [5.41, 5.74) is 3.15. The highest BCUT2D eigenvalue weighted by Gasteiger charge is 2.21. The van der Waals surface area contributed by atoms with Crippen LogP contribution in [0, 0.1) is 5.92 Å². The van der Waals surface area contributed by atoms with Gasteiger partial charge in [-0.2, -0.15) is 0 Å². The first-order valence-electron chi connectivity index (χ1n) is 8.91. The fourth-order valence-electron chi connectivity index (χ4n) is 2.62. The number of aromatic nitrogens is 3. The monoisotopic (exact) mass is 390 g/mol. The molecule has 10 nitrogen and oxygen atoms in total. The van der Waals surface area contributed by atoms with Crippen molar-refractivity contribution in [2.75, 3.05) is 7.11 Å². The third kappa shape index (κ3) is 6.54. The van der Waals surface area contributed by atoms with Crippen LogP contribution in [0.15, 0.2) is 30.5 Å². The molecular formula is C18H26N6O4. The molecule has 0 saturated carbocycles. The third-order valence-electron chi connectivity index (χ3n) is 3.93. The molecule has 28 heavy (non-hydrogen) atoms. The number of ether oxygens (including phenoxy) is 1. The van der Waals surface area contributed by atoms with Gasteiger partial charge >= 0.3 is 6.03 Å². The van der Waals surface area contributed by atoms with Crippen LogP contribution in [0.4, 0.5) is 4.79 Å². The highest BCUT2D eigenvalue weighted by atomic mass is 16.5. The number of carbonyl (C=O) groups excluding carboxylic acids is 2. The van der Waals surface area contributed by atoms with E-state index in [4.69, 9.17) is 9.94 Å². The Balaban J connectivity index is 1.87. The number of urea groups is 1. The lowest BCUT2D eigenvalue weighted by molar-refractivity contribution is -0.131. The molecule has 0 aliphatic heterocycles. The molecule has 1 aromatic carbocycles. The Morgan fingerprint density at radius 2 is 2.11 bits per heavy atom. The second kappa shape index (κ2) is 10.3. The topological polar surface area (TPSA) is 130 Å². The van der Waals surface area contributed by atoms with Crippen LogP contribution < -0.4 is 20.9 Å². The molecule has 0 aliphatic rings. The van der Waals surface area contributed by atoms with E-state index in [0.717, 1.165) is 11.3 Å². The lowest BCUT2D eigenvalue weighted by Crippen LogP contribution is -2.49. The van der Waals surface area contributed by atoms with E-state index in [1.807, 2.05) is 38.1 Å². The van der Waals surface area contributed by atoms with Gasteiger partial charge in [-0.15, -0.1) is 5.10 Å². The quantitative estimate of drug-likeness (QED) is 0.374. The molecule has 3 amide bonds. The molecule has 1 atom stereocenters. The average molecular weight is 390 g/mol. The zero-order valence-corrected chi connectivity index (χ0v) is 16.2. The van der Waals surface area contributed by atoms with Gasteiger partial charge in [0.1, 0.15) is 17.5 Å². The van der Waals surface area contributed by atoms with Gasteiger partial charge in [-0.1, -0.05) is 31.2 Å². The van der Waals surface area contributed by atoms with Crippen molar-refractivity contribution in [3.63, 3.8) is 0 Å². The molecule has 4 N–H and O–H groups in total. The van der Waals surface area contributed by atoms with Crippen molar-refractivity contribution >= 4 is 11.9 Å². The Kier molecular flexibility index (Phi) is 7.76. The first-order chi connectivity index (χ1) is 13.4. The van der Waals surface area contributed by atoms with Crippen molar-refractivity contribution in [1.29, 1.82) is 0 Å². The number of rotatable bonds is 9. The van der Waals surface area contributed by atoms with Gasteiger partial charge in [0, 0.05) is 0 Å². The SMILES string of the molecule is COc1cccc(Cn2cc(CNC(=O)N[C@@H](CC(C)C)C(=O)NO)nn2)c1. The summed E-state index contributed by atoms with van der Waals surface area (Å²) < 4.78 is 6.86. The summed E-state index contributed by atoms with van der Waals surface area (Å²) in [6.07, 6.45) is 2.13. The Hall–Kier alpha value is -3.14. The van der Waals surface area contributed by atoms with Crippen molar-refractivity contribution in [2.24, 2.45) is 5.92 Å². The predicted octanol–water partition coefficient (Wildman–Crippen LogP) is 1.05. The zero-order chi connectivity index (χ0) is 20.5. The van der Waals surface area contributed by atoms with Crippen LogP contribution in [-0.4, -0.2) is 45.3 Å². The Bertz CT molecular complexity index is 792. The number of nitrogens with one attached hydrogen (secondary N) is 3. The minimum absolute atomic E-state index is 0.152. The average Bonchev–Trinajstić information content (AvgIpc) is 3.12. The van der Waals surface area contributed by atoms with Gasteiger partial charge in [0.05, 0.1) is 26.4 Å². The van der Waals surface area contributed by atoms with Crippen LogP contribution in [0.1, 0.15) is 31.5 Å². The second-order valence-electron chi connectivity index (χ2n) is 6.74. The van der Waals surface area contributed by atoms with Crippen LogP contribution in [-0.2, 0) is 17.9 Å². The van der Waals surface area contributed by atoms with E-state index in [1.54, 1.807) is 23.5 Å². The summed E-state index contributed by atoms with van der Waals surface area (Å²) >= 11 is 0. The summed E-state index contributed by atoms with van der Waals surface area (Å²) in [6, 6.07) is 6.27. The van der Waals surface area contributed by atoms with Crippen molar-refractivity contribution in [1.82, 2.24) is 31.1 Å². The van der Waals surface area contributed by atoms with Crippen LogP contribution in [0.5, 0.6) is 5.75 Å². The number of benzene rings is 1. The highest BCUT2D eigenvalue weighted by Crippen LogP contribution is 2.13. The fourth-order valence-corrected chi connectivity index (χ4v) is 2.62. The molecule has 0 bridgehead atoms. The van der Waals surface area contributed by atoms with E-state index in [0.29, 0.717) is 18.7 Å². The second-order valence-corrected chi connectivity index (χ2v) is 6.74. The van der Waals surface area contributed by atoms with Crippen molar-refractivity contribution < 1.29 is 19.5 Å². The maximum atomic E-state index is 12.0. The molecule has 0 unspecified atom stereocenters. The molecule has 1 aromatic heterocycles. The first-order valence-corrected chi connectivity index (χ1v) is 8.91. The summed E-state index contributed by atoms with van der Waals surface area (Å²) in [6.45, 7) is 4.50. The van der Waals surface area contributed by atoms with Crippen LogP contribution in [0.3, 0.4) is 0 Å². The Morgan fingerprint density at radius 3 is 2.79 bits per heavy atom. The molecule has 2 rings (SSSR count). The van der Waals surface area contributed by atoms with E-state index in [9.17, 15) is 9.59 Å². The van der Waals surface area contributed by atoms with Crippen molar-refractivity contribution in [3.05, 3.63) is 41.7 Å². The van der Waals surface area contributed by atoms with Crippen LogP contribution in [0.25, 0.3) is 0 Å². The zero-order valence-electron chi connectivity index (χ0n) is 16.2. The molecule has 0 radical (unpaired) electrons. The van der Waals surface area contributed by atoms with Gasteiger partial charge < -0.3 is 15.4 Å². The molecule has 0 fully saturated rings.